The van der Waals surface area contributed by atoms with E-state index in [1.165, 1.54) is 4.90 Å². The predicted molar refractivity (Wildman–Crippen MR) is 122 cm³/mol. The molecule has 1 unspecified atom stereocenters. The van der Waals surface area contributed by atoms with Crippen molar-refractivity contribution in [3.8, 4) is 11.5 Å². The summed E-state index contributed by atoms with van der Waals surface area (Å²) >= 11 is 0. The molecule has 1 aliphatic heterocycles. The Labute approximate surface area is 193 Å². The molecule has 0 bridgehead atoms. The third-order valence-corrected chi connectivity index (χ3v) is 4.99. The van der Waals surface area contributed by atoms with Crippen LogP contribution in [0.2, 0.25) is 0 Å². The van der Waals surface area contributed by atoms with Gasteiger partial charge < -0.3 is 24.4 Å². The normalized spacial score (nSPS) is 15.7. The van der Waals surface area contributed by atoms with Crippen LogP contribution in [0.5, 0.6) is 11.5 Å². The van der Waals surface area contributed by atoms with Gasteiger partial charge in [-0.3, -0.25) is 14.4 Å². The van der Waals surface area contributed by atoms with Gasteiger partial charge in [0.15, 0.2) is 0 Å². The molecule has 0 aromatic heterocycles. The minimum absolute atomic E-state index is 0.0495. The molecule has 176 valence electrons. The van der Waals surface area contributed by atoms with Crippen LogP contribution in [-0.4, -0.2) is 61.6 Å². The number of carbonyl (C=O) groups excluding carboxylic acids is 3. The van der Waals surface area contributed by atoms with E-state index in [-0.39, 0.29) is 31.4 Å². The lowest BCUT2D eigenvalue weighted by Crippen LogP contribution is -2.57. The maximum Gasteiger partial charge on any atom is 0.308 e. The number of benzene rings is 2. The van der Waals surface area contributed by atoms with E-state index in [0.29, 0.717) is 42.7 Å². The summed E-state index contributed by atoms with van der Waals surface area (Å²) in [6.45, 7) is 5.58. The highest BCUT2D eigenvalue weighted by molar-refractivity contribution is 5.99. The number of esters is 1. The van der Waals surface area contributed by atoms with E-state index in [2.05, 4.69) is 19.2 Å². The van der Waals surface area contributed by atoms with E-state index >= 15 is 0 Å². The van der Waals surface area contributed by atoms with Crippen LogP contribution in [0.15, 0.2) is 54.6 Å². The molecule has 33 heavy (non-hydrogen) atoms. The van der Waals surface area contributed by atoms with E-state index in [1.807, 2.05) is 18.2 Å². The second kappa shape index (κ2) is 11.9. The third-order valence-electron chi connectivity index (χ3n) is 4.99. The molecule has 1 saturated heterocycles. The number of amides is 2. The quantitative estimate of drug-likeness (QED) is 0.438. The molecule has 1 heterocycles. The number of nitrogens with zero attached hydrogens (tertiary/aromatic N) is 1. The monoisotopic (exact) mass is 454 g/mol. The molecule has 2 aromatic rings. The zero-order valence-corrected chi connectivity index (χ0v) is 19.0. The Morgan fingerprint density at radius 2 is 1.70 bits per heavy atom. The summed E-state index contributed by atoms with van der Waals surface area (Å²) in [5, 5.41) is 2.71. The molecule has 1 atom stereocenters. The fourth-order valence-electron chi connectivity index (χ4n) is 3.33. The highest BCUT2D eigenvalue weighted by atomic mass is 16.6. The second-order valence-electron chi connectivity index (χ2n) is 8.12. The topological polar surface area (TPSA) is 94.2 Å². The van der Waals surface area contributed by atoms with Gasteiger partial charge in [-0.1, -0.05) is 32.0 Å². The molecular weight excluding hydrogens is 424 g/mol. The first-order chi connectivity index (χ1) is 15.9. The number of rotatable bonds is 10. The van der Waals surface area contributed by atoms with Crippen molar-refractivity contribution in [2.75, 3.05) is 32.9 Å². The summed E-state index contributed by atoms with van der Waals surface area (Å²) in [7, 11) is 0. The average molecular weight is 455 g/mol. The van der Waals surface area contributed by atoms with Crippen LogP contribution in [0.3, 0.4) is 0 Å². The van der Waals surface area contributed by atoms with Crippen molar-refractivity contribution in [3.63, 3.8) is 0 Å². The zero-order valence-electron chi connectivity index (χ0n) is 19.0. The Bertz CT molecular complexity index is 930. The summed E-state index contributed by atoms with van der Waals surface area (Å²) < 4.78 is 16.4. The van der Waals surface area contributed by atoms with Crippen LogP contribution < -0.4 is 14.8 Å². The number of ether oxygens (including phenoxy) is 3. The molecule has 8 nitrogen and oxygen atoms in total. The van der Waals surface area contributed by atoms with Gasteiger partial charge in [0.05, 0.1) is 13.0 Å². The number of piperazine rings is 1. The fourth-order valence-corrected chi connectivity index (χ4v) is 3.33. The molecule has 0 saturated carbocycles. The van der Waals surface area contributed by atoms with Gasteiger partial charge in [0.2, 0.25) is 5.91 Å². The van der Waals surface area contributed by atoms with Gasteiger partial charge in [-0.05, 0) is 42.3 Å². The fraction of sp³-hybridized carbons (Fsp3) is 0.400. The van der Waals surface area contributed by atoms with E-state index in [4.69, 9.17) is 14.2 Å². The first kappa shape index (κ1) is 24.1. The van der Waals surface area contributed by atoms with Crippen molar-refractivity contribution < 1.29 is 28.6 Å². The molecule has 0 radical (unpaired) electrons. The van der Waals surface area contributed by atoms with Crippen molar-refractivity contribution in [1.82, 2.24) is 10.2 Å². The summed E-state index contributed by atoms with van der Waals surface area (Å²) in [6.07, 6.45) is -0.224. The van der Waals surface area contributed by atoms with Crippen molar-refractivity contribution in [2.45, 2.75) is 26.3 Å². The van der Waals surface area contributed by atoms with Crippen LogP contribution in [-0.2, 0) is 14.3 Å². The van der Waals surface area contributed by atoms with Gasteiger partial charge in [0.1, 0.15) is 30.8 Å². The van der Waals surface area contributed by atoms with Crippen LogP contribution in [0.1, 0.15) is 30.6 Å². The maximum atomic E-state index is 13.1. The molecule has 0 spiro atoms. The lowest BCUT2D eigenvalue weighted by atomic mass is 10.1. The number of hydrogen-bond acceptors (Lipinski definition) is 6. The molecule has 3 rings (SSSR count). The SMILES string of the molecule is CC(C)COc1ccc(C(=O)N2CCNC(=O)C2CC(=O)OCCOc2ccccc2)cc1. The Morgan fingerprint density at radius 1 is 1.00 bits per heavy atom. The van der Waals surface area contributed by atoms with Gasteiger partial charge >= 0.3 is 5.97 Å². The molecule has 1 aliphatic rings. The van der Waals surface area contributed by atoms with Gasteiger partial charge in [-0.15, -0.1) is 0 Å². The van der Waals surface area contributed by atoms with Gasteiger partial charge in [-0.25, -0.2) is 0 Å². The third kappa shape index (κ3) is 7.24. The number of nitrogens with one attached hydrogen (secondary N) is 1. The Hall–Kier alpha value is -3.55. The van der Waals surface area contributed by atoms with E-state index in [0.717, 1.165) is 0 Å². The standard InChI is InChI=1S/C25H30N2O6/c1-18(2)17-33-21-10-8-19(9-11-21)25(30)27-13-12-26-24(29)22(27)16-23(28)32-15-14-31-20-6-4-3-5-7-20/h3-11,18,22H,12-17H2,1-2H3,(H,26,29). The number of para-hydroxylation sites is 1. The van der Waals surface area contributed by atoms with Crippen LogP contribution >= 0.6 is 0 Å². The summed E-state index contributed by atoms with van der Waals surface area (Å²) in [5.41, 5.74) is 0.427. The van der Waals surface area contributed by atoms with Gasteiger partial charge in [0.25, 0.3) is 5.91 Å². The largest absolute Gasteiger partial charge is 0.493 e. The Balaban J connectivity index is 1.54. The Kier molecular flexibility index (Phi) is 8.69. The van der Waals surface area contributed by atoms with Gasteiger partial charge in [-0.2, -0.15) is 0 Å². The highest BCUT2D eigenvalue weighted by Crippen LogP contribution is 2.18. The van der Waals surface area contributed by atoms with Crippen LogP contribution in [0.25, 0.3) is 0 Å². The summed E-state index contributed by atoms with van der Waals surface area (Å²) in [4.78, 5) is 39.3. The van der Waals surface area contributed by atoms with Crippen LogP contribution in [0.4, 0.5) is 0 Å². The van der Waals surface area contributed by atoms with E-state index < -0.39 is 12.0 Å². The highest BCUT2D eigenvalue weighted by Gasteiger charge is 2.35. The second-order valence-corrected chi connectivity index (χ2v) is 8.12. The van der Waals surface area contributed by atoms with Crippen molar-refractivity contribution in [2.24, 2.45) is 5.92 Å². The molecule has 8 heteroatoms. The smallest absolute Gasteiger partial charge is 0.308 e. The maximum absolute atomic E-state index is 13.1. The van der Waals surface area contributed by atoms with Crippen molar-refractivity contribution >= 4 is 17.8 Å². The minimum atomic E-state index is -0.925. The molecule has 0 aliphatic carbocycles. The lowest BCUT2D eigenvalue weighted by Gasteiger charge is -2.34. The summed E-state index contributed by atoms with van der Waals surface area (Å²) in [5.74, 6) is 0.495. The predicted octanol–water partition coefficient (Wildman–Crippen LogP) is 2.67. The van der Waals surface area contributed by atoms with Crippen molar-refractivity contribution in [3.05, 3.63) is 60.2 Å². The number of carbonyl (C=O) groups is 3. The molecule has 1 N–H and O–H groups in total. The molecule has 1 fully saturated rings. The lowest BCUT2D eigenvalue weighted by molar-refractivity contribution is -0.148. The van der Waals surface area contributed by atoms with E-state index in [1.54, 1.807) is 36.4 Å². The minimum Gasteiger partial charge on any atom is -0.493 e. The van der Waals surface area contributed by atoms with Gasteiger partial charge in [0, 0.05) is 18.7 Å². The van der Waals surface area contributed by atoms with E-state index in [9.17, 15) is 14.4 Å². The number of hydrogen-bond donors (Lipinski definition) is 1. The van der Waals surface area contributed by atoms with Crippen molar-refractivity contribution in [1.29, 1.82) is 0 Å². The average Bonchev–Trinajstić information content (AvgIpc) is 2.82. The Morgan fingerprint density at radius 3 is 2.39 bits per heavy atom. The molecule has 2 aromatic carbocycles. The zero-order chi connectivity index (χ0) is 23.6. The summed E-state index contributed by atoms with van der Waals surface area (Å²) in [6, 6.07) is 15.1. The first-order valence-electron chi connectivity index (χ1n) is 11.1. The van der Waals surface area contributed by atoms with Crippen LogP contribution in [0, 0.1) is 5.92 Å². The molecular formula is C25H30N2O6. The first-order valence-corrected chi connectivity index (χ1v) is 11.1. The molecule has 2 amide bonds.